The van der Waals surface area contributed by atoms with Gasteiger partial charge in [0.15, 0.2) is 0 Å². The zero-order chi connectivity index (χ0) is 8.55. The summed E-state index contributed by atoms with van der Waals surface area (Å²) in [7, 11) is 0. The van der Waals surface area contributed by atoms with Crippen LogP contribution in [0.4, 0.5) is 0 Å². The van der Waals surface area contributed by atoms with Crippen LogP contribution in [0, 0.1) is 11.3 Å². The monoisotopic (exact) mass is 178 g/mol. The lowest BCUT2D eigenvalue weighted by atomic mass is 10.3. The zero-order valence-corrected chi connectivity index (χ0v) is 7.82. The van der Waals surface area contributed by atoms with Crippen LogP contribution in [0.15, 0.2) is 0 Å². The maximum Gasteiger partial charge on any atom is 0.128 e. The van der Waals surface area contributed by atoms with Gasteiger partial charge in [-0.25, -0.2) is 4.98 Å². The van der Waals surface area contributed by atoms with Crippen molar-refractivity contribution in [3.05, 3.63) is 15.6 Å². The van der Waals surface area contributed by atoms with Crippen LogP contribution in [0.1, 0.15) is 41.3 Å². The molecule has 0 spiro atoms. The van der Waals surface area contributed by atoms with Gasteiger partial charge in [0.1, 0.15) is 10.9 Å². The molecule has 12 heavy (non-hydrogen) atoms. The van der Waals surface area contributed by atoms with Crippen molar-refractivity contribution in [2.75, 3.05) is 0 Å². The van der Waals surface area contributed by atoms with Crippen LogP contribution in [0.5, 0.6) is 0 Å². The highest BCUT2D eigenvalue weighted by Crippen LogP contribution is 2.42. The molecule has 2 nitrogen and oxygen atoms in total. The van der Waals surface area contributed by atoms with Gasteiger partial charge >= 0.3 is 0 Å². The predicted octanol–water partition coefficient (Wildman–Crippen LogP) is 2.45. The standard InChI is InChI=1S/C9H10N2S/c1-2-7-8(5-10)12-9(11-7)6-3-4-6/h6H,2-4H2,1H3. The molecule has 0 aliphatic heterocycles. The van der Waals surface area contributed by atoms with Crippen LogP contribution in [0.3, 0.4) is 0 Å². The highest BCUT2D eigenvalue weighted by Gasteiger charge is 2.27. The largest absolute Gasteiger partial charge is 0.245 e. The van der Waals surface area contributed by atoms with Gasteiger partial charge in [-0.3, -0.25) is 0 Å². The fourth-order valence-electron chi connectivity index (χ4n) is 1.20. The molecule has 0 atom stereocenters. The number of nitrogens with zero attached hydrogens (tertiary/aromatic N) is 2. The number of hydrogen-bond acceptors (Lipinski definition) is 3. The average Bonchev–Trinajstić information content (AvgIpc) is 2.85. The number of hydrogen-bond donors (Lipinski definition) is 0. The van der Waals surface area contributed by atoms with E-state index in [4.69, 9.17) is 5.26 Å². The van der Waals surface area contributed by atoms with Crippen molar-refractivity contribution in [1.82, 2.24) is 4.98 Å². The fraction of sp³-hybridized carbons (Fsp3) is 0.556. The van der Waals surface area contributed by atoms with Crippen molar-refractivity contribution in [2.24, 2.45) is 0 Å². The average molecular weight is 178 g/mol. The van der Waals surface area contributed by atoms with Crippen molar-refractivity contribution in [2.45, 2.75) is 32.1 Å². The Morgan fingerprint density at radius 1 is 1.67 bits per heavy atom. The lowest BCUT2D eigenvalue weighted by Gasteiger charge is -1.85. The van der Waals surface area contributed by atoms with Crippen molar-refractivity contribution in [3.63, 3.8) is 0 Å². The van der Waals surface area contributed by atoms with Crippen LogP contribution in [0.25, 0.3) is 0 Å². The van der Waals surface area contributed by atoms with E-state index in [9.17, 15) is 0 Å². The van der Waals surface area contributed by atoms with E-state index in [1.165, 1.54) is 17.8 Å². The summed E-state index contributed by atoms with van der Waals surface area (Å²) < 4.78 is 0. The summed E-state index contributed by atoms with van der Waals surface area (Å²) in [6.45, 7) is 2.05. The molecular weight excluding hydrogens is 168 g/mol. The molecule has 0 N–H and O–H groups in total. The highest BCUT2D eigenvalue weighted by molar-refractivity contribution is 7.12. The minimum absolute atomic E-state index is 0.683. The van der Waals surface area contributed by atoms with Crippen LogP contribution in [0.2, 0.25) is 0 Å². The van der Waals surface area contributed by atoms with Crippen molar-refractivity contribution < 1.29 is 0 Å². The van der Waals surface area contributed by atoms with E-state index in [0.29, 0.717) is 5.92 Å². The normalized spacial score (nSPS) is 16.0. The summed E-state index contributed by atoms with van der Waals surface area (Å²) in [5.74, 6) is 0.683. The third-order valence-electron chi connectivity index (χ3n) is 2.08. The molecule has 0 saturated heterocycles. The highest BCUT2D eigenvalue weighted by atomic mass is 32.1. The van der Waals surface area contributed by atoms with Gasteiger partial charge in [-0.2, -0.15) is 5.26 Å². The zero-order valence-electron chi connectivity index (χ0n) is 7.00. The Bertz CT molecular complexity index is 331. The first kappa shape index (κ1) is 7.75. The Balaban J connectivity index is 2.35. The molecule has 1 fully saturated rings. The van der Waals surface area contributed by atoms with Gasteiger partial charge in [0.05, 0.1) is 10.7 Å². The number of thiazole rings is 1. The molecule has 0 unspecified atom stereocenters. The molecule has 1 aromatic heterocycles. The quantitative estimate of drug-likeness (QED) is 0.697. The first-order valence-corrected chi connectivity index (χ1v) is 5.06. The van der Waals surface area contributed by atoms with Gasteiger partial charge < -0.3 is 0 Å². The molecule has 2 rings (SSSR count). The minimum Gasteiger partial charge on any atom is -0.245 e. The fourth-order valence-corrected chi connectivity index (χ4v) is 2.32. The Morgan fingerprint density at radius 3 is 2.83 bits per heavy atom. The number of rotatable bonds is 2. The first-order valence-electron chi connectivity index (χ1n) is 4.24. The van der Waals surface area contributed by atoms with E-state index in [1.807, 2.05) is 6.92 Å². The molecule has 1 saturated carbocycles. The van der Waals surface area contributed by atoms with E-state index in [0.717, 1.165) is 17.0 Å². The van der Waals surface area contributed by atoms with E-state index < -0.39 is 0 Å². The molecule has 62 valence electrons. The third-order valence-corrected chi connectivity index (χ3v) is 3.24. The van der Waals surface area contributed by atoms with Gasteiger partial charge in [0.25, 0.3) is 0 Å². The maximum absolute atomic E-state index is 8.79. The molecule has 3 heteroatoms. The Kier molecular flexibility index (Phi) is 1.86. The summed E-state index contributed by atoms with van der Waals surface area (Å²) in [6.07, 6.45) is 3.41. The number of nitriles is 1. The first-order chi connectivity index (χ1) is 5.85. The second kappa shape index (κ2) is 2.87. The van der Waals surface area contributed by atoms with Crippen LogP contribution in [-0.4, -0.2) is 4.98 Å². The lowest BCUT2D eigenvalue weighted by molar-refractivity contribution is 0.993. The van der Waals surface area contributed by atoms with Gasteiger partial charge in [-0.15, -0.1) is 11.3 Å². The lowest BCUT2D eigenvalue weighted by Crippen LogP contribution is -1.83. The van der Waals surface area contributed by atoms with Gasteiger partial charge in [-0.1, -0.05) is 6.92 Å². The Labute approximate surface area is 75.9 Å². The topological polar surface area (TPSA) is 36.7 Å². The molecule has 0 aromatic carbocycles. The second-order valence-corrected chi connectivity index (χ2v) is 4.10. The molecule has 1 aliphatic rings. The minimum atomic E-state index is 0.683. The smallest absolute Gasteiger partial charge is 0.128 e. The van der Waals surface area contributed by atoms with E-state index in [1.54, 1.807) is 11.3 Å². The summed E-state index contributed by atoms with van der Waals surface area (Å²) in [6, 6.07) is 2.21. The van der Waals surface area contributed by atoms with Crippen LogP contribution < -0.4 is 0 Å². The maximum atomic E-state index is 8.79. The SMILES string of the molecule is CCc1nc(C2CC2)sc1C#N. The molecular formula is C9H10N2S. The van der Waals surface area contributed by atoms with Crippen molar-refractivity contribution >= 4 is 11.3 Å². The van der Waals surface area contributed by atoms with Crippen molar-refractivity contribution in [1.29, 1.82) is 5.26 Å². The Morgan fingerprint density at radius 2 is 2.42 bits per heavy atom. The summed E-state index contributed by atoms with van der Waals surface area (Å²) in [5.41, 5.74) is 0.990. The van der Waals surface area contributed by atoms with Crippen molar-refractivity contribution in [3.8, 4) is 6.07 Å². The van der Waals surface area contributed by atoms with Gasteiger partial charge in [0.2, 0.25) is 0 Å². The summed E-state index contributed by atoms with van der Waals surface area (Å²) in [5, 5.41) is 9.97. The predicted molar refractivity (Wildman–Crippen MR) is 48.2 cm³/mol. The molecule has 1 aromatic rings. The van der Waals surface area contributed by atoms with Gasteiger partial charge in [-0.05, 0) is 19.3 Å². The molecule has 1 heterocycles. The Hall–Kier alpha value is -0.880. The summed E-state index contributed by atoms with van der Waals surface area (Å²) >= 11 is 1.58. The molecule has 0 bridgehead atoms. The second-order valence-electron chi connectivity index (χ2n) is 3.07. The van der Waals surface area contributed by atoms with E-state index in [-0.39, 0.29) is 0 Å². The van der Waals surface area contributed by atoms with Gasteiger partial charge in [0, 0.05) is 5.92 Å². The summed E-state index contributed by atoms with van der Waals surface area (Å²) in [4.78, 5) is 5.28. The van der Waals surface area contributed by atoms with E-state index in [2.05, 4.69) is 11.1 Å². The molecule has 1 aliphatic carbocycles. The number of aromatic nitrogens is 1. The van der Waals surface area contributed by atoms with Crippen LogP contribution >= 0.6 is 11.3 Å². The number of aryl methyl sites for hydroxylation is 1. The third kappa shape index (κ3) is 1.23. The van der Waals surface area contributed by atoms with E-state index >= 15 is 0 Å². The van der Waals surface area contributed by atoms with Crippen LogP contribution in [-0.2, 0) is 6.42 Å². The molecule has 0 amide bonds. The molecule has 0 radical (unpaired) electrons.